The van der Waals surface area contributed by atoms with Crippen LogP contribution in [0.1, 0.15) is 44.0 Å². The van der Waals surface area contributed by atoms with Crippen LogP contribution in [0.2, 0.25) is 0 Å². The molecule has 2 aliphatic heterocycles. The monoisotopic (exact) mass is 342 g/mol. The Balaban J connectivity index is 1.14. The minimum Gasteiger partial charge on any atom is -0.324 e. The third kappa shape index (κ3) is 2.74. The molecule has 0 radical (unpaired) electrons. The van der Waals surface area contributed by atoms with Crippen molar-refractivity contribution in [1.82, 2.24) is 24.8 Å². The van der Waals surface area contributed by atoms with Gasteiger partial charge in [0.25, 0.3) is 0 Å². The predicted molar refractivity (Wildman–Crippen MR) is 93.4 cm³/mol. The van der Waals surface area contributed by atoms with Gasteiger partial charge in [-0.05, 0) is 50.5 Å². The Morgan fingerprint density at radius 2 is 2.00 bits per heavy atom. The van der Waals surface area contributed by atoms with Gasteiger partial charge >= 0.3 is 6.01 Å². The van der Waals surface area contributed by atoms with E-state index in [1.165, 1.54) is 45.2 Å². The molecule has 0 amide bonds. The van der Waals surface area contributed by atoms with Crippen LogP contribution >= 0.6 is 0 Å². The van der Waals surface area contributed by atoms with Gasteiger partial charge in [0.15, 0.2) is 5.82 Å². The van der Waals surface area contributed by atoms with Crippen molar-refractivity contribution in [2.45, 2.75) is 51.1 Å². The maximum absolute atomic E-state index is 5.35. The van der Waals surface area contributed by atoms with Crippen LogP contribution in [0.3, 0.4) is 0 Å². The molecule has 134 valence electrons. The van der Waals surface area contributed by atoms with Crippen molar-refractivity contribution in [3.8, 4) is 0 Å². The number of hydrogen-bond donors (Lipinski definition) is 0. The molecule has 1 spiro atoms. The molecule has 3 aliphatic rings. The lowest BCUT2D eigenvalue weighted by molar-refractivity contribution is -0.00226. The number of aryl methyl sites for hydroxylation is 1. The normalized spacial score (nSPS) is 30.9. The van der Waals surface area contributed by atoms with E-state index in [1.54, 1.807) is 0 Å². The van der Waals surface area contributed by atoms with Crippen molar-refractivity contribution in [1.29, 1.82) is 0 Å². The lowest BCUT2D eigenvalue weighted by Crippen LogP contribution is -2.54. The standard InChI is InChI=1S/C18H26N6O/c1-14-20-17(25-21-14)23-10-5-18(13-23)11-16(12-18)22-8-3-15(4-9-22)24-7-2-6-19-24/h2,6-7,15-16H,3-5,8-13H2,1H3. The first kappa shape index (κ1) is 15.4. The summed E-state index contributed by atoms with van der Waals surface area (Å²) >= 11 is 0. The van der Waals surface area contributed by atoms with Crippen LogP contribution in [0.15, 0.2) is 23.0 Å². The van der Waals surface area contributed by atoms with Gasteiger partial charge in [0.05, 0.1) is 6.04 Å². The predicted octanol–water partition coefficient (Wildman–Crippen LogP) is 2.27. The van der Waals surface area contributed by atoms with Crippen LogP contribution in [0, 0.1) is 12.3 Å². The van der Waals surface area contributed by atoms with Gasteiger partial charge in [-0.2, -0.15) is 10.1 Å². The molecule has 1 aliphatic carbocycles. The molecule has 25 heavy (non-hydrogen) atoms. The van der Waals surface area contributed by atoms with Gasteiger partial charge in [-0.15, -0.1) is 0 Å². The summed E-state index contributed by atoms with van der Waals surface area (Å²) in [6, 6.07) is 4.09. The Hall–Kier alpha value is -1.89. The molecule has 4 heterocycles. The smallest absolute Gasteiger partial charge is 0.324 e. The molecule has 0 N–H and O–H groups in total. The number of anilines is 1. The fourth-order valence-corrected chi connectivity index (χ4v) is 5.06. The third-order valence-electron chi connectivity index (χ3n) is 6.48. The second-order valence-electron chi connectivity index (χ2n) is 8.11. The molecule has 7 heteroatoms. The summed E-state index contributed by atoms with van der Waals surface area (Å²) in [5, 5.41) is 8.34. The van der Waals surface area contributed by atoms with E-state index in [4.69, 9.17) is 4.52 Å². The first-order valence-corrected chi connectivity index (χ1v) is 9.49. The molecule has 5 rings (SSSR count). The molecular weight excluding hydrogens is 316 g/mol. The lowest BCUT2D eigenvalue weighted by atomic mass is 9.64. The van der Waals surface area contributed by atoms with Gasteiger partial charge in [-0.1, -0.05) is 5.16 Å². The van der Waals surface area contributed by atoms with Crippen molar-refractivity contribution in [3.05, 3.63) is 24.3 Å². The Morgan fingerprint density at radius 3 is 2.68 bits per heavy atom. The fraction of sp³-hybridized carbons (Fsp3) is 0.722. The van der Waals surface area contributed by atoms with Gasteiger partial charge < -0.3 is 14.3 Å². The van der Waals surface area contributed by atoms with Crippen molar-refractivity contribution >= 4 is 6.01 Å². The van der Waals surface area contributed by atoms with E-state index in [0.717, 1.165) is 25.0 Å². The van der Waals surface area contributed by atoms with Crippen LogP contribution in [-0.4, -0.2) is 57.0 Å². The Kier molecular flexibility index (Phi) is 3.58. The minimum absolute atomic E-state index is 0.478. The summed E-state index contributed by atoms with van der Waals surface area (Å²) < 4.78 is 7.49. The molecule has 0 atom stereocenters. The summed E-state index contributed by atoms with van der Waals surface area (Å²) in [4.78, 5) is 9.38. The molecule has 2 saturated heterocycles. The van der Waals surface area contributed by atoms with Crippen LogP contribution in [0.25, 0.3) is 0 Å². The molecule has 3 fully saturated rings. The van der Waals surface area contributed by atoms with Crippen LogP contribution < -0.4 is 4.90 Å². The first-order chi connectivity index (χ1) is 12.2. The van der Waals surface area contributed by atoms with E-state index in [1.807, 2.05) is 19.2 Å². The van der Waals surface area contributed by atoms with Crippen LogP contribution in [-0.2, 0) is 0 Å². The highest BCUT2D eigenvalue weighted by molar-refractivity contribution is 5.30. The van der Waals surface area contributed by atoms with Gasteiger partial charge in [0.1, 0.15) is 0 Å². The molecule has 1 saturated carbocycles. The lowest BCUT2D eigenvalue weighted by Gasteiger charge is -2.51. The minimum atomic E-state index is 0.478. The molecule has 0 unspecified atom stereocenters. The zero-order valence-corrected chi connectivity index (χ0v) is 14.8. The van der Waals surface area contributed by atoms with Crippen LogP contribution in [0.5, 0.6) is 0 Å². The van der Waals surface area contributed by atoms with E-state index >= 15 is 0 Å². The quantitative estimate of drug-likeness (QED) is 0.853. The van der Waals surface area contributed by atoms with Crippen molar-refractivity contribution < 1.29 is 4.52 Å². The molecule has 0 bridgehead atoms. The topological polar surface area (TPSA) is 63.2 Å². The molecule has 2 aromatic heterocycles. The van der Waals surface area contributed by atoms with Gasteiger partial charge in [0.2, 0.25) is 0 Å². The summed E-state index contributed by atoms with van der Waals surface area (Å²) in [6.45, 7) is 6.42. The Labute approximate surface area is 148 Å². The zero-order valence-electron chi connectivity index (χ0n) is 14.8. The largest absolute Gasteiger partial charge is 0.324 e. The third-order valence-corrected chi connectivity index (χ3v) is 6.48. The van der Waals surface area contributed by atoms with E-state index in [-0.39, 0.29) is 0 Å². The second kappa shape index (κ2) is 5.83. The van der Waals surface area contributed by atoms with Gasteiger partial charge in [-0.3, -0.25) is 4.68 Å². The molecule has 0 aromatic carbocycles. The van der Waals surface area contributed by atoms with Crippen molar-refractivity contribution in [2.75, 3.05) is 31.1 Å². The number of aromatic nitrogens is 4. The molecule has 7 nitrogen and oxygen atoms in total. The average molecular weight is 342 g/mol. The number of hydrogen-bond acceptors (Lipinski definition) is 6. The average Bonchev–Trinajstić information content (AvgIpc) is 3.33. The Bertz CT molecular complexity index is 712. The summed E-state index contributed by atoms with van der Waals surface area (Å²) in [7, 11) is 0. The number of piperidine rings is 1. The van der Waals surface area contributed by atoms with Crippen LogP contribution in [0.4, 0.5) is 6.01 Å². The number of likely N-dealkylation sites (tertiary alicyclic amines) is 1. The highest BCUT2D eigenvalue weighted by Crippen LogP contribution is 2.51. The Morgan fingerprint density at radius 1 is 1.16 bits per heavy atom. The van der Waals surface area contributed by atoms with Crippen molar-refractivity contribution in [3.63, 3.8) is 0 Å². The fourth-order valence-electron chi connectivity index (χ4n) is 5.06. The molecular formula is C18H26N6O. The first-order valence-electron chi connectivity index (χ1n) is 9.49. The summed E-state index contributed by atoms with van der Waals surface area (Å²) in [5.74, 6) is 0.725. The number of rotatable bonds is 3. The summed E-state index contributed by atoms with van der Waals surface area (Å²) in [6.07, 6.45) is 10.3. The maximum atomic E-state index is 5.35. The van der Waals surface area contributed by atoms with E-state index < -0.39 is 0 Å². The number of nitrogens with zero attached hydrogens (tertiary/aromatic N) is 6. The van der Waals surface area contributed by atoms with E-state index in [9.17, 15) is 0 Å². The maximum Gasteiger partial charge on any atom is 0.324 e. The summed E-state index contributed by atoms with van der Waals surface area (Å²) in [5.41, 5.74) is 0.478. The second-order valence-corrected chi connectivity index (χ2v) is 8.11. The van der Waals surface area contributed by atoms with Gasteiger partial charge in [0, 0.05) is 44.6 Å². The highest BCUT2D eigenvalue weighted by Gasteiger charge is 2.51. The SMILES string of the molecule is Cc1noc(N2CCC3(CC(N4CCC(n5cccn5)CC4)C3)C2)n1. The zero-order chi connectivity index (χ0) is 16.9. The highest BCUT2D eigenvalue weighted by atomic mass is 16.5. The van der Waals surface area contributed by atoms with E-state index in [2.05, 4.69) is 35.9 Å². The van der Waals surface area contributed by atoms with E-state index in [0.29, 0.717) is 17.5 Å². The van der Waals surface area contributed by atoms with Gasteiger partial charge in [-0.25, -0.2) is 0 Å². The molecule has 2 aromatic rings. The van der Waals surface area contributed by atoms with Crippen molar-refractivity contribution in [2.24, 2.45) is 5.41 Å².